The molecule has 0 fully saturated rings. The van der Waals surface area contributed by atoms with Crippen molar-refractivity contribution in [3.8, 4) is 0 Å². The predicted molar refractivity (Wildman–Crippen MR) is 64.6 cm³/mol. The van der Waals surface area contributed by atoms with Gasteiger partial charge in [-0.25, -0.2) is 4.79 Å². The molecule has 17 heavy (non-hydrogen) atoms. The van der Waals surface area contributed by atoms with Crippen LogP contribution in [0.15, 0.2) is 18.5 Å². The van der Waals surface area contributed by atoms with Gasteiger partial charge < -0.3 is 9.84 Å². The fourth-order valence-electron chi connectivity index (χ4n) is 1.20. The van der Waals surface area contributed by atoms with Gasteiger partial charge >= 0.3 is 5.97 Å². The number of carboxylic acid groups (broad SMARTS) is 1. The fourth-order valence-corrected chi connectivity index (χ4v) is 1.20. The number of hydrogen-bond acceptors (Lipinski definition) is 3. The zero-order valence-electron chi connectivity index (χ0n) is 10.4. The quantitative estimate of drug-likeness (QED) is 0.794. The van der Waals surface area contributed by atoms with Crippen LogP contribution in [0, 0.1) is 0 Å². The van der Waals surface area contributed by atoms with E-state index in [-0.39, 0.29) is 5.60 Å². The lowest BCUT2D eigenvalue weighted by molar-refractivity contribution is -0.131. The van der Waals surface area contributed by atoms with Gasteiger partial charge in [-0.05, 0) is 26.8 Å². The SMILES string of the molecule is CC(C)(C)OCCn1cc(/C=C/C(=O)O)cn1. The van der Waals surface area contributed by atoms with Crippen LogP contribution in [-0.4, -0.2) is 33.1 Å². The standard InChI is InChI=1S/C12H18N2O3/c1-12(2,3)17-7-6-14-9-10(8-13-14)4-5-11(15)16/h4-5,8-9H,6-7H2,1-3H3,(H,15,16)/b5-4+. The molecule has 0 aromatic carbocycles. The molecule has 1 aromatic rings. The monoisotopic (exact) mass is 238 g/mol. The minimum atomic E-state index is -0.964. The van der Waals surface area contributed by atoms with Crippen molar-refractivity contribution < 1.29 is 14.6 Å². The molecule has 94 valence electrons. The van der Waals surface area contributed by atoms with E-state index in [4.69, 9.17) is 9.84 Å². The molecule has 1 heterocycles. The summed E-state index contributed by atoms with van der Waals surface area (Å²) < 4.78 is 7.30. The molecule has 0 aliphatic heterocycles. The van der Waals surface area contributed by atoms with Crippen LogP contribution in [0.25, 0.3) is 6.08 Å². The largest absolute Gasteiger partial charge is 0.478 e. The minimum Gasteiger partial charge on any atom is -0.478 e. The number of rotatable bonds is 5. The first-order valence-corrected chi connectivity index (χ1v) is 5.44. The molecule has 0 saturated heterocycles. The van der Waals surface area contributed by atoms with Gasteiger partial charge in [-0.3, -0.25) is 4.68 Å². The summed E-state index contributed by atoms with van der Waals surface area (Å²) in [7, 11) is 0. The molecule has 0 aliphatic rings. The Balaban J connectivity index is 2.43. The number of aromatic nitrogens is 2. The number of carboxylic acids is 1. The smallest absolute Gasteiger partial charge is 0.328 e. The van der Waals surface area contributed by atoms with E-state index >= 15 is 0 Å². The zero-order chi connectivity index (χ0) is 12.9. The van der Waals surface area contributed by atoms with E-state index < -0.39 is 5.97 Å². The predicted octanol–water partition coefficient (Wildman–Crippen LogP) is 1.80. The molecule has 1 rings (SSSR count). The van der Waals surface area contributed by atoms with Gasteiger partial charge in [0.25, 0.3) is 0 Å². The van der Waals surface area contributed by atoms with Crippen molar-refractivity contribution in [1.29, 1.82) is 0 Å². The average molecular weight is 238 g/mol. The van der Waals surface area contributed by atoms with Crippen LogP contribution in [-0.2, 0) is 16.1 Å². The van der Waals surface area contributed by atoms with Gasteiger partial charge in [-0.2, -0.15) is 5.10 Å². The fraction of sp³-hybridized carbons (Fsp3) is 0.500. The summed E-state index contributed by atoms with van der Waals surface area (Å²) >= 11 is 0. The highest BCUT2D eigenvalue weighted by atomic mass is 16.5. The summed E-state index contributed by atoms with van der Waals surface area (Å²) in [6.45, 7) is 7.22. The summed E-state index contributed by atoms with van der Waals surface area (Å²) in [6.07, 6.45) is 6.01. The van der Waals surface area contributed by atoms with E-state index in [1.165, 1.54) is 6.08 Å². The Labute approximate surface area is 101 Å². The molecule has 1 N–H and O–H groups in total. The van der Waals surface area contributed by atoms with E-state index in [1.807, 2.05) is 20.8 Å². The Morgan fingerprint density at radius 1 is 1.59 bits per heavy atom. The molecule has 0 atom stereocenters. The van der Waals surface area contributed by atoms with Crippen molar-refractivity contribution in [2.75, 3.05) is 6.61 Å². The van der Waals surface area contributed by atoms with Crippen LogP contribution in [0.1, 0.15) is 26.3 Å². The highest BCUT2D eigenvalue weighted by Gasteiger charge is 2.09. The van der Waals surface area contributed by atoms with Crippen LogP contribution in [0.4, 0.5) is 0 Å². The minimum absolute atomic E-state index is 0.154. The van der Waals surface area contributed by atoms with Gasteiger partial charge in [0.15, 0.2) is 0 Å². The van der Waals surface area contributed by atoms with Crippen LogP contribution in [0.2, 0.25) is 0 Å². The Morgan fingerprint density at radius 2 is 2.29 bits per heavy atom. The van der Waals surface area contributed by atoms with Crippen molar-refractivity contribution in [3.05, 3.63) is 24.0 Å². The van der Waals surface area contributed by atoms with E-state index in [0.29, 0.717) is 13.2 Å². The van der Waals surface area contributed by atoms with E-state index in [0.717, 1.165) is 11.6 Å². The number of carbonyl (C=O) groups is 1. The van der Waals surface area contributed by atoms with Crippen LogP contribution in [0.3, 0.4) is 0 Å². The van der Waals surface area contributed by atoms with E-state index in [2.05, 4.69) is 5.10 Å². The average Bonchev–Trinajstić information content (AvgIpc) is 2.61. The summed E-state index contributed by atoms with van der Waals surface area (Å²) in [5.41, 5.74) is 0.613. The van der Waals surface area contributed by atoms with Crippen molar-refractivity contribution in [3.63, 3.8) is 0 Å². The van der Waals surface area contributed by atoms with Gasteiger partial charge in [0, 0.05) is 17.8 Å². The molecule has 0 unspecified atom stereocenters. The maximum absolute atomic E-state index is 10.3. The maximum atomic E-state index is 10.3. The van der Waals surface area contributed by atoms with Crippen molar-refractivity contribution in [1.82, 2.24) is 9.78 Å². The summed E-state index contributed by atoms with van der Waals surface area (Å²) in [4.78, 5) is 10.3. The lowest BCUT2D eigenvalue weighted by Crippen LogP contribution is -2.21. The van der Waals surface area contributed by atoms with Crippen molar-refractivity contribution in [2.45, 2.75) is 32.9 Å². The van der Waals surface area contributed by atoms with E-state index in [1.54, 1.807) is 17.1 Å². The number of hydrogen-bond donors (Lipinski definition) is 1. The van der Waals surface area contributed by atoms with Crippen LogP contribution >= 0.6 is 0 Å². The number of ether oxygens (including phenoxy) is 1. The molecule has 5 nitrogen and oxygen atoms in total. The molecule has 0 amide bonds. The number of aliphatic carboxylic acids is 1. The van der Waals surface area contributed by atoms with Crippen molar-refractivity contribution >= 4 is 12.0 Å². The normalized spacial score (nSPS) is 12.2. The number of nitrogens with zero attached hydrogens (tertiary/aromatic N) is 2. The van der Waals surface area contributed by atoms with Gasteiger partial charge in [-0.15, -0.1) is 0 Å². The lowest BCUT2D eigenvalue weighted by atomic mass is 10.2. The first-order valence-electron chi connectivity index (χ1n) is 5.44. The molecule has 0 saturated carbocycles. The molecule has 0 aliphatic carbocycles. The molecular formula is C12H18N2O3. The Hall–Kier alpha value is -1.62. The Kier molecular flexibility index (Phi) is 4.45. The molecular weight excluding hydrogens is 220 g/mol. The summed E-state index contributed by atoms with van der Waals surface area (Å²) in [5, 5.41) is 12.6. The van der Waals surface area contributed by atoms with Crippen molar-refractivity contribution in [2.24, 2.45) is 0 Å². The third-order valence-electron chi connectivity index (χ3n) is 1.93. The van der Waals surface area contributed by atoms with E-state index in [9.17, 15) is 4.79 Å². The second kappa shape index (κ2) is 5.63. The summed E-state index contributed by atoms with van der Waals surface area (Å²) in [5.74, 6) is -0.964. The molecule has 0 spiro atoms. The third kappa shape index (κ3) is 5.87. The molecule has 5 heteroatoms. The maximum Gasteiger partial charge on any atom is 0.328 e. The van der Waals surface area contributed by atoms with Gasteiger partial charge in [-0.1, -0.05) is 0 Å². The first-order chi connectivity index (χ1) is 7.87. The van der Waals surface area contributed by atoms with Gasteiger partial charge in [0.05, 0.1) is 24.9 Å². The molecule has 0 bridgehead atoms. The van der Waals surface area contributed by atoms with Crippen LogP contribution in [0.5, 0.6) is 0 Å². The zero-order valence-corrected chi connectivity index (χ0v) is 10.4. The van der Waals surface area contributed by atoms with Crippen LogP contribution < -0.4 is 0 Å². The highest BCUT2D eigenvalue weighted by molar-refractivity contribution is 5.85. The molecule has 0 radical (unpaired) electrons. The molecule has 1 aromatic heterocycles. The lowest BCUT2D eigenvalue weighted by Gasteiger charge is -2.19. The highest BCUT2D eigenvalue weighted by Crippen LogP contribution is 2.07. The first kappa shape index (κ1) is 13.4. The van der Waals surface area contributed by atoms with Gasteiger partial charge in [0.2, 0.25) is 0 Å². The second-order valence-corrected chi connectivity index (χ2v) is 4.67. The Bertz CT molecular complexity index is 402. The Morgan fingerprint density at radius 3 is 2.88 bits per heavy atom. The third-order valence-corrected chi connectivity index (χ3v) is 1.93. The topological polar surface area (TPSA) is 64.3 Å². The van der Waals surface area contributed by atoms with Gasteiger partial charge in [0.1, 0.15) is 0 Å². The second-order valence-electron chi connectivity index (χ2n) is 4.67. The summed E-state index contributed by atoms with van der Waals surface area (Å²) in [6, 6.07) is 0.